The molecule has 0 saturated carbocycles. The van der Waals surface area contributed by atoms with Crippen LogP contribution in [0.4, 0.5) is 0 Å². The first-order valence-corrected chi connectivity index (χ1v) is 11.2. The lowest BCUT2D eigenvalue weighted by atomic mass is 9.80. The number of sulfonamides is 1. The van der Waals surface area contributed by atoms with Gasteiger partial charge in [0.05, 0.1) is 12.0 Å². The van der Waals surface area contributed by atoms with E-state index >= 15 is 0 Å². The molecular weight excluding hydrogens is 390 g/mol. The number of hydrogen-bond acceptors (Lipinski definition) is 5. The van der Waals surface area contributed by atoms with Crippen LogP contribution in [0.5, 0.6) is 5.88 Å². The number of carbonyl (C=O) groups is 1. The predicted molar refractivity (Wildman–Crippen MR) is 110 cm³/mol. The summed E-state index contributed by atoms with van der Waals surface area (Å²) in [5.74, 6) is 1.30. The summed E-state index contributed by atoms with van der Waals surface area (Å²) in [5, 5.41) is 1.31. The number of ether oxygens (including phenoxy) is 1. The van der Waals surface area contributed by atoms with E-state index in [9.17, 15) is 13.2 Å². The molecular formula is C21H25N3O4S. The molecule has 0 atom stereocenters. The van der Waals surface area contributed by atoms with Gasteiger partial charge in [0.25, 0.3) is 0 Å². The first kappa shape index (κ1) is 19.8. The fourth-order valence-corrected chi connectivity index (χ4v) is 6.06. The van der Waals surface area contributed by atoms with Gasteiger partial charge in [0.15, 0.2) is 0 Å². The third kappa shape index (κ3) is 3.51. The van der Waals surface area contributed by atoms with Gasteiger partial charge in [0.1, 0.15) is 0 Å². The Hall–Kier alpha value is -2.45. The molecule has 29 heavy (non-hydrogen) atoms. The molecule has 0 N–H and O–H groups in total. The average Bonchev–Trinajstić information content (AvgIpc) is 2.71. The van der Waals surface area contributed by atoms with Crippen molar-refractivity contribution in [1.29, 1.82) is 0 Å². The Kier molecular flexibility index (Phi) is 5.31. The maximum absolute atomic E-state index is 13.3. The van der Waals surface area contributed by atoms with Crippen LogP contribution in [0, 0.1) is 11.8 Å². The van der Waals surface area contributed by atoms with E-state index in [0.29, 0.717) is 46.5 Å². The van der Waals surface area contributed by atoms with Crippen LogP contribution in [-0.2, 0) is 14.8 Å². The molecule has 1 amide bonds. The van der Waals surface area contributed by atoms with Crippen LogP contribution < -0.4 is 4.74 Å². The van der Waals surface area contributed by atoms with E-state index in [4.69, 9.17) is 4.74 Å². The van der Waals surface area contributed by atoms with Crippen molar-refractivity contribution in [3.8, 4) is 5.88 Å². The Morgan fingerprint density at radius 2 is 1.90 bits per heavy atom. The van der Waals surface area contributed by atoms with Crippen LogP contribution >= 0.6 is 0 Å². The molecule has 2 aromatic rings. The van der Waals surface area contributed by atoms with Gasteiger partial charge >= 0.3 is 0 Å². The van der Waals surface area contributed by atoms with E-state index < -0.39 is 10.0 Å². The molecule has 1 aromatic carbocycles. The zero-order valence-electron chi connectivity index (χ0n) is 16.5. The first-order chi connectivity index (χ1) is 14.0. The summed E-state index contributed by atoms with van der Waals surface area (Å²) in [6, 6.07) is 6.91. The van der Waals surface area contributed by atoms with Crippen molar-refractivity contribution in [2.45, 2.75) is 17.7 Å². The second-order valence-electron chi connectivity index (χ2n) is 7.62. The molecule has 2 aliphatic heterocycles. The lowest BCUT2D eigenvalue weighted by molar-refractivity contribution is -0.133. The summed E-state index contributed by atoms with van der Waals surface area (Å²) < 4.78 is 33.5. The summed E-state index contributed by atoms with van der Waals surface area (Å²) in [5.41, 5.74) is 0. The fraction of sp³-hybridized carbons (Fsp3) is 0.429. The standard InChI is InChI=1S/C21H25N3O4S/c1-3-20(25)23-13-16(14-23)15-8-11-24(12-9-15)29(26,27)19-6-4-5-18-17(19)7-10-22-21(18)28-2/h3-7,10,15-16H,1,8-9,11-14H2,2H3. The molecule has 8 heteroatoms. The number of benzene rings is 1. The van der Waals surface area contributed by atoms with Crippen molar-refractivity contribution >= 4 is 26.7 Å². The number of fused-ring (bicyclic) bond motifs is 1. The molecule has 2 fully saturated rings. The number of piperidine rings is 1. The Balaban J connectivity index is 1.48. The second-order valence-corrected chi connectivity index (χ2v) is 9.53. The second kappa shape index (κ2) is 7.76. The number of aromatic nitrogens is 1. The molecule has 4 rings (SSSR count). The number of nitrogens with zero attached hydrogens (tertiary/aromatic N) is 3. The number of carbonyl (C=O) groups excluding carboxylic acids is 1. The van der Waals surface area contributed by atoms with Gasteiger partial charge in [-0.05, 0) is 49.0 Å². The molecule has 0 radical (unpaired) electrons. The third-order valence-corrected chi connectivity index (χ3v) is 8.06. The van der Waals surface area contributed by atoms with E-state index in [-0.39, 0.29) is 5.91 Å². The summed E-state index contributed by atoms with van der Waals surface area (Å²) in [4.78, 5) is 17.9. The number of amides is 1. The Labute approximate surface area is 171 Å². The average molecular weight is 416 g/mol. The van der Waals surface area contributed by atoms with Crippen molar-refractivity contribution in [3.05, 3.63) is 43.1 Å². The molecule has 0 unspecified atom stereocenters. The van der Waals surface area contributed by atoms with Crippen LogP contribution in [0.2, 0.25) is 0 Å². The van der Waals surface area contributed by atoms with Crippen molar-refractivity contribution < 1.29 is 17.9 Å². The van der Waals surface area contributed by atoms with Gasteiger partial charge in [-0.2, -0.15) is 4.31 Å². The summed E-state index contributed by atoms with van der Waals surface area (Å²) in [6.45, 7) is 6.01. The number of pyridine rings is 1. The summed E-state index contributed by atoms with van der Waals surface area (Å²) >= 11 is 0. The molecule has 154 valence electrons. The van der Waals surface area contributed by atoms with Gasteiger partial charge in [-0.25, -0.2) is 13.4 Å². The van der Waals surface area contributed by atoms with Gasteiger partial charge in [-0.1, -0.05) is 12.6 Å². The maximum atomic E-state index is 13.3. The highest BCUT2D eigenvalue weighted by Gasteiger charge is 2.39. The lowest BCUT2D eigenvalue weighted by Crippen LogP contribution is -2.54. The van der Waals surface area contributed by atoms with Crippen molar-refractivity contribution in [3.63, 3.8) is 0 Å². The Bertz CT molecular complexity index is 1040. The zero-order valence-corrected chi connectivity index (χ0v) is 17.3. The van der Waals surface area contributed by atoms with Crippen LogP contribution in [0.1, 0.15) is 12.8 Å². The molecule has 2 aliphatic rings. The fourth-order valence-electron chi connectivity index (χ4n) is 4.39. The molecule has 3 heterocycles. The highest BCUT2D eigenvalue weighted by atomic mass is 32.2. The normalized spacial score (nSPS) is 19.1. The zero-order chi connectivity index (χ0) is 20.6. The maximum Gasteiger partial charge on any atom is 0.245 e. The number of likely N-dealkylation sites (tertiary alicyclic amines) is 1. The first-order valence-electron chi connectivity index (χ1n) is 9.79. The van der Waals surface area contributed by atoms with Gasteiger partial charge in [-0.3, -0.25) is 4.79 Å². The van der Waals surface area contributed by atoms with Crippen molar-refractivity contribution in [1.82, 2.24) is 14.2 Å². The molecule has 1 aromatic heterocycles. The molecule has 0 bridgehead atoms. The highest BCUT2D eigenvalue weighted by Crippen LogP contribution is 2.35. The minimum Gasteiger partial charge on any atom is -0.481 e. The number of hydrogen-bond donors (Lipinski definition) is 0. The van der Waals surface area contributed by atoms with Gasteiger partial charge < -0.3 is 9.64 Å². The van der Waals surface area contributed by atoms with E-state index in [1.54, 1.807) is 33.6 Å². The van der Waals surface area contributed by atoms with Crippen LogP contribution in [0.25, 0.3) is 10.8 Å². The van der Waals surface area contributed by atoms with Gasteiger partial charge in [0, 0.05) is 43.1 Å². The van der Waals surface area contributed by atoms with Gasteiger partial charge in [-0.15, -0.1) is 0 Å². The van der Waals surface area contributed by atoms with Gasteiger partial charge in [0.2, 0.25) is 21.8 Å². The summed E-state index contributed by atoms with van der Waals surface area (Å²) in [6.07, 6.45) is 4.55. The minimum absolute atomic E-state index is 0.0258. The van der Waals surface area contributed by atoms with Crippen LogP contribution in [0.15, 0.2) is 48.0 Å². The van der Waals surface area contributed by atoms with Crippen LogP contribution in [0.3, 0.4) is 0 Å². The van der Waals surface area contributed by atoms with Crippen molar-refractivity contribution in [2.24, 2.45) is 11.8 Å². The third-order valence-electron chi connectivity index (χ3n) is 6.10. The molecule has 0 aliphatic carbocycles. The number of rotatable bonds is 5. The van der Waals surface area contributed by atoms with Crippen LogP contribution in [-0.4, -0.2) is 61.8 Å². The van der Waals surface area contributed by atoms with E-state index in [2.05, 4.69) is 11.6 Å². The van der Waals surface area contributed by atoms with E-state index in [1.165, 1.54) is 13.2 Å². The highest BCUT2D eigenvalue weighted by molar-refractivity contribution is 7.89. The SMILES string of the molecule is C=CC(=O)N1CC(C2CCN(S(=O)(=O)c3cccc4c(OC)nccc34)CC2)C1. The number of methoxy groups -OCH3 is 1. The topological polar surface area (TPSA) is 79.8 Å². The Morgan fingerprint density at radius 1 is 1.17 bits per heavy atom. The minimum atomic E-state index is -3.61. The smallest absolute Gasteiger partial charge is 0.245 e. The quantitative estimate of drug-likeness (QED) is 0.700. The molecule has 7 nitrogen and oxygen atoms in total. The molecule has 2 saturated heterocycles. The predicted octanol–water partition coefficient (Wildman–Crippen LogP) is 2.29. The molecule has 0 spiro atoms. The largest absolute Gasteiger partial charge is 0.481 e. The monoisotopic (exact) mass is 415 g/mol. The van der Waals surface area contributed by atoms with E-state index in [0.717, 1.165) is 25.9 Å². The summed E-state index contributed by atoms with van der Waals surface area (Å²) in [7, 11) is -2.08. The van der Waals surface area contributed by atoms with E-state index in [1.807, 2.05) is 6.07 Å². The lowest BCUT2D eigenvalue weighted by Gasteiger charge is -2.45. The Morgan fingerprint density at radius 3 is 2.55 bits per heavy atom. The van der Waals surface area contributed by atoms with Crippen molar-refractivity contribution in [2.75, 3.05) is 33.3 Å².